The minimum Gasteiger partial charge on any atom is -0.485 e. The predicted molar refractivity (Wildman–Crippen MR) is 77.2 cm³/mol. The van der Waals surface area contributed by atoms with Gasteiger partial charge in [0.25, 0.3) is 5.56 Å². The fourth-order valence-electron chi connectivity index (χ4n) is 2.17. The van der Waals surface area contributed by atoms with E-state index in [1.165, 1.54) is 18.3 Å². The summed E-state index contributed by atoms with van der Waals surface area (Å²) in [5.41, 5.74) is -1.36. The second kappa shape index (κ2) is 5.75. The van der Waals surface area contributed by atoms with Crippen LogP contribution in [0.4, 0.5) is 13.2 Å². The number of hydrogen-bond donors (Lipinski definition) is 0. The first-order chi connectivity index (χ1) is 10.9. The van der Waals surface area contributed by atoms with Gasteiger partial charge in [-0.1, -0.05) is 30.3 Å². The molecule has 2 heterocycles. The van der Waals surface area contributed by atoms with Crippen LogP contribution in [0.5, 0.6) is 5.75 Å². The summed E-state index contributed by atoms with van der Waals surface area (Å²) in [5.74, 6) is 0.111. The molecule has 4 nitrogen and oxygen atoms in total. The number of benzene rings is 1. The summed E-state index contributed by atoms with van der Waals surface area (Å²) in [6.45, 7) is 0.159. The highest BCUT2D eigenvalue weighted by Crippen LogP contribution is 2.30. The summed E-state index contributed by atoms with van der Waals surface area (Å²) >= 11 is 0. The van der Waals surface area contributed by atoms with Gasteiger partial charge in [0.05, 0.1) is 0 Å². The largest absolute Gasteiger partial charge is 0.485 e. The van der Waals surface area contributed by atoms with E-state index in [4.69, 9.17) is 4.74 Å². The van der Waals surface area contributed by atoms with Crippen LogP contribution in [0.2, 0.25) is 0 Å². The van der Waals surface area contributed by atoms with E-state index in [2.05, 4.69) is 4.98 Å². The molecule has 3 aromatic rings. The van der Waals surface area contributed by atoms with Crippen LogP contribution < -0.4 is 10.3 Å². The van der Waals surface area contributed by atoms with Crippen LogP contribution >= 0.6 is 0 Å². The summed E-state index contributed by atoms with van der Waals surface area (Å²) in [6, 6.07) is 12.5. The van der Waals surface area contributed by atoms with Gasteiger partial charge >= 0.3 is 6.18 Å². The molecule has 0 unspecified atom stereocenters. The molecule has 0 aliphatic carbocycles. The maximum atomic E-state index is 13.1. The highest BCUT2D eigenvalue weighted by molar-refractivity contribution is 5.54. The number of alkyl halides is 3. The van der Waals surface area contributed by atoms with Gasteiger partial charge in [-0.15, -0.1) is 0 Å². The Hall–Kier alpha value is -2.83. The fraction of sp³-hybridized carbons (Fsp3) is 0.125. The molecule has 23 heavy (non-hydrogen) atoms. The summed E-state index contributed by atoms with van der Waals surface area (Å²) in [4.78, 5) is 15.1. The average Bonchev–Trinajstić information content (AvgIpc) is 2.52. The monoisotopic (exact) mass is 320 g/mol. The van der Waals surface area contributed by atoms with E-state index in [-0.39, 0.29) is 18.0 Å². The second-order valence-corrected chi connectivity index (χ2v) is 4.82. The predicted octanol–water partition coefficient (Wildman–Crippen LogP) is 3.29. The Bertz CT molecular complexity index is 889. The molecule has 0 aliphatic heterocycles. The Morgan fingerprint density at radius 3 is 2.52 bits per heavy atom. The minimum absolute atomic E-state index is 0.111. The molecule has 118 valence electrons. The van der Waals surface area contributed by atoms with Crippen molar-refractivity contribution >= 4 is 5.65 Å². The lowest BCUT2D eigenvalue weighted by molar-refractivity contribution is -0.142. The fourth-order valence-corrected chi connectivity index (χ4v) is 2.17. The number of ether oxygens (including phenoxy) is 1. The molecule has 0 atom stereocenters. The topological polar surface area (TPSA) is 43.6 Å². The number of halogens is 3. The number of rotatable bonds is 3. The van der Waals surface area contributed by atoms with E-state index in [0.29, 0.717) is 6.07 Å². The number of fused-ring (bicyclic) bond motifs is 1. The molecule has 0 spiro atoms. The van der Waals surface area contributed by atoms with Gasteiger partial charge < -0.3 is 4.74 Å². The third-order valence-corrected chi connectivity index (χ3v) is 3.19. The molecule has 0 radical (unpaired) electrons. The van der Waals surface area contributed by atoms with Gasteiger partial charge in [-0.25, -0.2) is 0 Å². The van der Waals surface area contributed by atoms with E-state index >= 15 is 0 Å². The van der Waals surface area contributed by atoms with Crippen LogP contribution in [-0.4, -0.2) is 9.38 Å². The van der Waals surface area contributed by atoms with Crippen molar-refractivity contribution in [3.8, 4) is 5.75 Å². The lowest BCUT2D eigenvalue weighted by atomic mass is 10.2. The SMILES string of the molecule is O=c1cc(C(F)(F)F)n2cccc(OCc3ccccc3)c2n1. The zero-order valence-electron chi connectivity index (χ0n) is 11.7. The van der Waals surface area contributed by atoms with E-state index < -0.39 is 17.4 Å². The lowest BCUT2D eigenvalue weighted by Gasteiger charge is -2.14. The molecule has 0 saturated carbocycles. The third-order valence-electron chi connectivity index (χ3n) is 3.19. The van der Waals surface area contributed by atoms with Gasteiger partial charge in [0.1, 0.15) is 12.3 Å². The van der Waals surface area contributed by atoms with Crippen molar-refractivity contribution in [3.05, 3.63) is 76.3 Å². The highest BCUT2D eigenvalue weighted by atomic mass is 19.4. The Balaban J connectivity index is 2.05. The van der Waals surface area contributed by atoms with Crippen LogP contribution in [0.3, 0.4) is 0 Å². The summed E-state index contributed by atoms with van der Waals surface area (Å²) in [6.07, 6.45) is -3.47. The van der Waals surface area contributed by atoms with Crippen LogP contribution in [0.1, 0.15) is 11.3 Å². The van der Waals surface area contributed by atoms with Crippen LogP contribution in [0.25, 0.3) is 5.65 Å². The Kier molecular flexibility index (Phi) is 3.77. The van der Waals surface area contributed by atoms with Crippen LogP contribution in [-0.2, 0) is 12.8 Å². The Morgan fingerprint density at radius 1 is 1.09 bits per heavy atom. The first kappa shape index (κ1) is 15.1. The highest BCUT2D eigenvalue weighted by Gasteiger charge is 2.34. The normalized spacial score (nSPS) is 11.6. The van der Waals surface area contributed by atoms with E-state index in [0.717, 1.165) is 9.96 Å². The molecule has 0 N–H and O–H groups in total. The van der Waals surface area contributed by atoms with Gasteiger partial charge in [-0.2, -0.15) is 18.2 Å². The molecule has 0 bridgehead atoms. The second-order valence-electron chi connectivity index (χ2n) is 4.82. The van der Waals surface area contributed by atoms with Crippen molar-refractivity contribution < 1.29 is 17.9 Å². The molecule has 3 rings (SSSR count). The standard InChI is InChI=1S/C16H11F3N2O2/c17-16(18,19)13-9-14(22)20-15-12(7-4-8-21(13)15)23-10-11-5-2-1-3-6-11/h1-9H,10H2. The number of nitrogens with zero attached hydrogens (tertiary/aromatic N) is 2. The van der Waals surface area contributed by atoms with Crippen molar-refractivity contribution in [2.45, 2.75) is 12.8 Å². The first-order valence-corrected chi connectivity index (χ1v) is 6.71. The van der Waals surface area contributed by atoms with Crippen molar-refractivity contribution in [3.63, 3.8) is 0 Å². The van der Waals surface area contributed by atoms with E-state index in [1.54, 1.807) is 0 Å². The third kappa shape index (κ3) is 3.18. The number of hydrogen-bond acceptors (Lipinski definition) is 3. The van der Waals surface area contributed by atoms with Crippen LogP contribution in [0, 0.1) is 0 Å². The zero-order chi connectivity index (χ0) is 16.4. The summed E-state index contributed by atoms with van der Waals surface area (Å²) in [5, 5.41) is 0. The number of pyridine rings is 1. The maximum Gasteiger partial charge on any atom is 0.432 e. The van der Waals surface area contributed by atoms with Crippen molar-refractivity contribution in [1.82, 2.24) is 9.38 Å². The quantitative estimate of drug-likeness (QED) is 0.744. The van der Waals surface area contributed by atoms with Gasteiger partial charge in [-0.3, -0.25) is 9.20 Å². The summed E-state index contributed by atoms with van der Waals surface area (Å²) < 4.78 is 45.5. The molecule has 0 aliphatic rings. The molecule has 2 aromatic heterocycles. The Morgan fingerprint density at radius 2 is 1.83 bits per heavy atom. The molecule has 0 saturated heterocycles. The molecular formula is C16H11F3N2O2. The van der Waals surface area contributed by atoms with Gasteiger partial charge in [-0.05, 0) is 17.7 Å². The lowest BCUT2D eigenvalue weighted by Crippen LogP contribution is -2.19. The van der Waals surface area contributed by atoms with Gasteiger partial charge in [0.15, 0.2) is 11.4 Å². The molecule has 1 aromatic carbocycles. The molecular weight excluding hydrogens is 309 g/mol. The van der Waals surface area contributed by atoms with Crippen molar-refractivity contribution in [2.75, 3.05) is 0 Å². The molecule has 7 heteroatoms. The van der Waals surface area contributed by atoms with Gasteiger partial charge in [0.2, 0.25) is 0 Å². The van der Waals surface area contributed by atoms with Gasteiger partial charge in [0, 0.05) is 12.3 Å². The smallest absolute Gasteiger partial charge is 0.432 e. The number of aromatic nitrogens is 2. The molecule has 0 amide bonds. The zero-order valence-corrected chi connectivity index (χ0v) is 11.7. The van der Waals surface area contributed by atoms with Crippen LogP contribution in [0.15, 0.2) is 59.5 Å². The minimum atomic E-state index is -4.66. The van der Waals surface area contributed by atoms with Crippen molar-refractivity contribution in [1.29, 1.82) is 0 Å². The average molecular weight is 320 g/mol. The first-order valence-electron chi connectivity index (χ1n) is 6.71. The van der Waals surface area contributed by atoms with E-state index in [9.17, 15) is 18.0 Å². The van der Waals surface area contributed by atoms with E-state index in [1.807, 2.05) is 30.3 Å². The maximum absolute atomic E-state index is 13.1. The van der Waals surface area contributed by atoms with Crippen molar-refractivity contribution in [2.24, 2.45) is 0 Å². The molecule has 0 fully saturated rings. The summed E-state index contributed by atoms with van der Waals surface area (Å²) in [7, 11) is 0. The Labute approximate surface area is 128 Å².